The molecule has 4 saturated carbocycles. The highest BCUT2D eigenvalue weighted by Gasteiger charge is 2.81. The van der Waals surface area contributed by atoms with Crippen LogP contribution in [0.3, 0.4) is 0 Å². The highest BCUT2D eigenvalue weighted by atomic mass is 16.6. The van der Waals surface area contributed by atoms with Crippen LogP contribution in [0.15, 0.2) is 0 Å². The van der Waals surface area contributed by atoms with E-state index < -0.39 is 52.2 Å². The molecule has 3 unspecified atom stereocenters. The summed E-state index contributed by atoms with van der Waals surface area (Å²) in [7, 11) is 0. The van der Waals surface area contributed by atoms with E-state index >= 15 is 0 Å². The molecular formula is C28H46O7. The summed E-state index contributed by atoms with van der Waals surface area (Å²) in [6.07, 6.45) is 2.82. The van der Waals surface area contributed by atoms with Crippen molar-refractivity contribution in [2.75, 3.05) is 0 Å². The minimum absolute atomic E-state index is 0.0156. The predicted octanol–water partition coefficient (Wildman–Crippen LogP) is 2.35. The van der Waals surface area contributed by atoms with E-state index in [0.717, 1.165) is 25.7 Å². The fraction of sp³-hybridized carbons (Fsp3) is 1.00. The van der Waals surface area contributed by atoms with Gasteiger partial charge in [-0.3, -0.25) is 0 Å². The van der Waals surface area contributed by atoms with Crippen molar-refractivity contribution in [2.45, 2.75) is 133 Å². The van der Waals surface area contributed by atoms with Gasteiger partial charge in [0.25, 0.3) is 0 Å². The summed E-state index contributed by atoms with van der Waals surface area (Å²) >= 11 is 0. The molecule has 0 aromatic heterocycles. The molecule has 7 heteroatoms. The zero-order valence-electron chi connectivity index (χ0n) is 22.0. The number of aliphatic hydroxyl groups excluding tert-OH is 3. The largest absolute Gasteiger partial charge is 0.392 e. The molecule has 0 amide bonds. The highest BCUT2D eigenvalue weighted by molar-refractivity contribution is 5.29. The first kappa shape index (κ1) is 25.0. The Hall–Kier alpha value is -0.280. The molecule has 0 radical (unpaired) electrons. The Balaban J connectivity index is 1.32. The van der Waals surface area contributed by atoms with Gasteiger partial charge in [-0.15, -0.1) is 0 Å². The summed E-state index contributed by atoms with van der Waals surface area (Å²) in [6, 6.07) is 0. The highest BCUT2D eigenvalue weighted by Crippen LogP contribution is 2.75. The van der Waals surface area contributed by atoms with Crippen LogP contribution in [-0.4, -0.2) is 73.0 Å². The van der Waals surface area contributed by atoms with Crippen LogP contribution in [0.5, 0.6) is 0 Å². The zero-order valence-corrected chi connectivity index (χ0v) is 22.0. The summed E-state index contributed by atoms with van der Waals surface area (Å²) in [6.45, 7) is 10.0. The third kappa shape index (κ3) is 2.77. The van der Waals surface area contributed by atoms with E-state index in [1.165, 1.54) is 0 Å². The molecule has 5 N–H and O–H groups in total. The molecule has 6 rings (SSSR count). The number of hydrogen-bond donors (Lipinski definition) is 5. The third-order valence-electron chi connectivity index (χ3n) is 13.0. The first-order valence-corrected chi connectivity index (χ1v) is 14.1. The molecule has 35 heavy (non-hydrogen) atoms. The van der Waals surface area contributed by atoms with E-state index in [2.05, 4.69) is 20.8 Å². The van der Waals surface area contributed by atoms with Crippen LogP contribution in [0.2, 0.25) is 0 Å². The molecule has 2 saturated heterocycles. The van der Waals surface area contributed by atoms with E-state index in [1.807, 2.05) is 6.92 Å². The van der Waals surface area contributed by atoms with Gasteiger partial charge in [-0.2, -0.15) is 0 Å². The lowest BCUT2D eigenvalue weighted by Crippen LogP contribution is -2.70. The van der Waals surface area contributed by atoms with E-state index in [-0.39, 0.29) is 35.7 Å². The lowest BCUT2D eigenvalue weighted by molar-refractivity contribution is -0.303. The second-order valence-electron chi connectivity index (χ2n) is 14.0. The summed E-state index contributed by atoms with van der Waals surface area (Å²) in [5.41, 5.74) is -4.48. The van der Waals surface area contributed by atoms with Crippen molar-refractivity contribution in [1.82, 2.24) is 0 Å². The van der Waals surface area contributed by atoms with E-state index in [1.54, 1.807) is 6.92 Å². The lowest BCUT2D eigenvalue weighted by atomic mass is 9.42. The topological polar surface area (TPSA) is 123 Å². The van der Waals surface area contributed by atoms with E-state index in [4.69, 9.17) is 9.47 Å². The van der Waals surface area contributed by atoms with Crippen molar-refractivity contribution in [3.63, 3.8) is 0 Å². The number of ether oxygens (including phenoxy) is 2. The van der Waals surface area contributed by atoms with Crippen LogP contribution in [-0.2, 0) is 9.47 Å². The third-order valence-corrected chi connectivity index (χ3v) is 13.0. The first-order valence-electron chi connectivity index (χ1n) is 14.1. The van der Waals surface area contributed by atoms with Gasteiger partial charge in [0.15, 0.2) is 6.29 Å². The fourth-order valence-electron chi connectivity index (χ4n) is 10.4. The maximum atomic E-state index is 12.4. The standard InChI is InChI=1S/C28H46O7/c1-14-12-21(34-23(31)15(14)2)26(5,32)27(33)11-9-17-16-13-22-28(35-22)20(30)7-6-19(29)25(28,4)18(16)8-10-24(17,27)3/h14-23,29-33H,6-13H2,1-5H3/t14?,15-,16?,17+,18+,19-,20+,21-,22-,23?,24+,25+,26+,27-,28-/m1/s1. The van der Waals surface area contributed by atoms with Crippen LogP contribution in [0, 0.1) is 40.4 Å². The molecule has 15 atom stereocenters. The van der Waals surface area contributed by atoms with Gasteiger partial charge >= 0.3 is 0 Å². The summed E-state index contributed by atoms with van der Waals surface area (Å²) in [5, 5.41) is 57.1. The van der Waals surface area contributed by atoms with Crippen molar-refractivity contribution in [3.8, 4) is 0 Å². The molecule has 0 aromatic carbocycles. The Morgan fingerprint density at radius 1 is 0.886 bits per heavy atom. The Labute approximate surface area is 209 Å². The number of epoxide rings is 1. The maximum absolute atomic E-state index is 12.4. The molecule has 4 aliphatic carbocycles. The Morgan fingerprint density at radius 2 is 1.54 bits per heavy atom. The summed E-state index contributed by atoms with van der Waals surface area (Å²) < 4.78 is 12.2. The molecule has 2 heterocycles. The Kier molecular flexibility index (Phi) is 5.31. The van der Waals surface area contributed by atoms with Crippen LogP contribution in [0.1, 0.15) is 86.0 Å². The van der Waals surface area contributed by atoms with Crippen molar-refractivity contribution >= 4 is 0 Å². The van der Waals surface area contributed by atoms with Gasteiger partial charge in [0.05, 0.1) is 24.4 Å². The van der Waals surface area contributed by atoms with Gasteiger partial charge in [0, 0.05) is 16.7 Å². The van der Waals surface area contributed by atoms with Crippen LogP contribution >= 0.6 is 0 Å². The Morgan fingerprint density at radius 3 is 2.23 bits per heavy atom. The monoisotopic (exact) mass is 494 g/mol. The van der Waals surface area contributed by atoms with Gasteiger partial charge in [-0.1, -0.05) is 27.7 Å². The molecule has 200 valence electrons. The molecule has 0 aromatic rings. The fourth-order valence-corrected chi connectivity index (χ4v) is 10.4. The van der Waals surface area contributed by atoms with Gasteiger partial charge in [0.2, 0.25) is 0 Å². The van der Waals surface area contributed by atoms with Crippen molar-refractivity contribution in [1.29, 1.82) is 0 Å². The number of fused-ring (bicyclic) bond motifs is 4. The van der Waals surface area contributed by atoms with Gasteiger partial charge < -0.3 is 35.0 Å². The number of rotatable bonds is 2. The minimum atomic E-state index is -1.50. The van der Waals surface area contributed by atoms with Gasteiger partial charge in [-0.05, 0) is 82.0 Å². The number of aliphatic hydroxyl groups is 5. The Bertz CT molecular complexity index is 867. The zero-order chi connectivity index (χ0) is 25.3. The molecule has 6 aliphatic rings. The molecule has 6 fully saturated rings. The lowest BCUT2D eigenvalue weighted by Gasteiger charge is -2.63. The minimum Gasteiger partial charge on any atom is -0.392 e. The van der Waals surface area contributed by atoms with Crippen molar-refractivity contribution < 1.29 is 35.0 Å². The van der Waals surface area contributed by atoms with Gasteiger partial charge in [-0.25, -0.2) is 0 Å². The normalized spacial score (nSPS) is 63.3. The quantitative estimate of drug-likeness (QED) is 0.374. The molecule has 0 bridgehead atoms. The molecule has 1 spiro atoms. The average Bonchev–Trinajstić information content (AvgIpc) is 3.47. The van der Waals surface area contributed by atoms with Crippen LogP contribution in [0.4, 0.5) is 0 Å². The summed E-state index contributed by atoms with van der Waals surface area (Å²) in [5.74, 6) is 0.828. The molecule has 2 aliphatic heterocycles. The van der Waals surface area contributed by atoms with Crippen molar-refractivity contribution in [3.05, 3.63) is 0 Å². The summed E-state index contributed by atoms with van der Waals surface area (Å²) in [4.78, 5) is 0. The first-order chi connectivity index (χ1) is 16.3. The van der Waals surface area contributed by atoms with E-state index in [9.17, 15) is 25.5 Å². The second-order valence-corrected chi connectivity index (χ2v) is 14.0. The molecule has 7 nitrogen and oxygen atoms in total. The maximum Gasteiger partial charge on any atom is 0.157 e. The second kappa shape index (κ2) is 7.43. The van der Waals surface area contributed by atoms with E-state index in [0.29, 0.717) is 25.7 Å². The smallest absolute Gasteiger partial charge is 0.157 e. The average molecular weight is 495 g/mol. The molecular weight excluding hydrogens is 448 g/mol. The number of hydrogen-bond acceptors (Lipinski definition) is 7. The predicted molar refractivity (Wildman–Crippen MR) is 128 cm³/mol. The van der Waals surface area contributed by atoms with Gasteiger partial charge in [0.1, 0.15) is 16.8 Å². The SMILES string of the molecule is CC1C[C@H]([C@](C)(O)[C@@]2(O)CC[C@H]3C4C[C@H]5O[C@]56[C@@H](O)CC[C@@H](O)[C@]6(C)[C@H]4CC[C@@]32C)OC(O)[C@@H]1C. The van der Waals surface area contributed by atoms with Crippen molar-refractivity contribution in [2.24, 2.45) is 40.4 Å². The van der Waals surface area contributed by atoms with Crippen LogP contribution < -0.4 is 0 Å². The van der Waals surface area contributed by atoms with Crippen LogP contribution in [0.25, 0.3) is 0 Å².